The summed E-state index contributed by atoms with van der Waals surface area (Å²) in [7, 11) is 0. The summed E-state index contributed by atoms with van der Waals surface area (Å²) >= 11 is 1.46. The summed E-state index contributed by atoms with van der Waals surface area (Å²) in [5.41, 5.74) is 0.615. The molecular weight excluding hydrogens is 230 g/mol. The lowest BCUT2D eigenvalue weighted by atomic mass is 10.2. The molecule has 0 radical (unpaired) electrons. The molecule has 0 saturated carbocycles. The summed E-state index contributed by atoms with van der Waals surface area (Å²) in [4.78, 5) is 11.1. The Morgan fingerprint density at radius 3 is 2.81 bits per heavy atom. The molecule has 16 heavy (non-hydrogen) atoms. The number of aliphatic hydroxyl groups excluding tert-OH is 1. The Morgan fingerprint density at radius 2 is 2.31 bits per heavy atom. The number of hydrogen-bond donors (Lipinski definition) is 1. The van der Waals surface area contributed by atoms with Crippen LogP contribution < -0.4 is 0 Å². The summed E-state index contributed by atoms with van der Waals surface area (Å²) in [5.74, 6) is 0. The second kappa shape index (κ2) is 4.82. The molecular formula is C10H11NO4S. The maximum absolute atomic E-state index is 10.9. The van der Waals surface area contributed by atoms with Crippen LogP contribution >= 0.6 is 11.8 Å². The molecule has 5 nitrogen and oxygen atoms in total. The Morgan fingerprint density at radius 1 is 1.56 bits per heavy atom. The first kappa shape index (κ1) is 11.4. The van der Waals surface area contributed by atoms with Crippen molar-refractivity contribution in [2.75, 3.05) is 13.2 Å². The monoisotopic (exact) mass is 241 g/mol. The van der Waals surface area contributed by atoms with Gasteiger partial charge in [0.25, 0.3) is 5.69 Å². The van der Waals surface area contributed by atoms with Gasteiger partial charge >= 0.3 is 0 Å². The van der Waals surface area contributed by atoms with E-state index in [1.807, 2.05) is 0 Å². The fraction of sp³-hybridized carbons (Fsp3) is 0.400. The van der Waals surface area contributed by atoms with Gasteiger partial charge in [-0.15, -0.1) is 11.8 Å². The van der Waals surface area contributed by atoms with E-state index in [1.165, 1.54) is 17.8 Å². The number of ether oxygens (including phenoxy) is 1. The van der Waals surface area contributed by atoms with E-state index in [0.29, 0.717) is 28.9 Å². The fourth-order valence-corrected chi connectivity index (χ4v) is 2.45. The highest BCUT2D eigenvalue weighted by Gasteiger charge is 2.24. The highest BCUT2D eigenvalue weighted by atomic mass is 32.2. The first-order valence-electron chi connectivity index (χ1n) is 4.83. The second-order valence-electron chi connectivity index (χ2n) is 3.49. The Bertz CT molecular complexity index is 406. The normalized spacial score (nSPS) is 15.8. The number of thioether (sulfide) groups is 1. The van der Waals surface area contributed by atoms with Gasteiger partial charge in [0.2, 0.25) is 0 Å². The van der Waals surface area contributed by atoms with Crippen molar-refractivity contribution in [2.24, 2.45) is 0 Å². The van der Waals surface area contributed by atoms with Crippen LogP contribution in [0.4, 0.5) is 5.69 Å². The average Bonchev–Trinajstić information content (AvgIpc) is 2.23. The highest BCUT2D eigenvalue weighted by molar-refractivity contribution is 8.00. The molecule has 0 bridgehead atoms. The lowest BCUT2D eigenvalue weighted by Crippen LogP contribution is -2.30. The lowest BCUT2D eigenvalue weighted by molar-refractivity contribution is -0.387. The molecule has 0 aromatic heterocycles. The molecule has 0 atom stereocenters. The van der Waals surface area contributed by atoms with Crippen LogP contribution in [0.25, 0.3) is 0 Å². The summed E-state index contributed by atoms with van der Waals surface area (Å²) in [6.45, 7) is 1.10. The number of nitro benzene ring substituents is 1. The fourth-order valence-electron chi connectivity index (χ4n) is 1.37. The largest absolute Gasteiger partial charge is 0.392 e. The molecule has 1 heterocycles. The van der Waals surface area contributed by atoms with Crippen molar-refractivity contribution in [3.63, 3.8) is 0 Å². The van der Waals surface area contributed by atoms with E-state index in [0.717, 1.165) is 0 Å². The molecule has 1 aliphatic rings. The maximum Gasteiger partial charge on any atom is 0.283 e. The third kappa shape index (κ3) is 2.34. The number of nitro groups is 1. The van der Waals surface area contributed by atoms with Crippen LogP contribution in [0.5, 0.6) is 0 Å². The zero-order valence-corrected chi connectivity index (χ0v) is 9.27. The van der Waals surface area contributed by atoms with Crippen LogP contribution in [0, 0.1) is 10.1 Å². The van der Waals surface area contributed by atoms with Crippen LogP contribution in [-0.2, 0) is 11.3 Å². The van der Waals surface area contributed by atoms with E-state index >= 15 is 0 Å². The van der Waals surface area contributed by atoms with Gasteiger partial charge in [-0.1, -0.05) is 6.07 Å². The Balaban J connectivity index is 2.24. The number of aliphatic hydroxyl groups is 1. The SMILES string of the molecule is O=[N+]([O-])c1cc(CO)ccc1SC1COC1. The molecule has 1 saturated heterocycles. The molecule has 6 heteroatoms. The molecule has 86 valence electrons. The standard InChI is InChI=1S/C10H11NO4S/c12-4-7-1-2-10(9(3-7)11(13)14)16-8-5-15-6-8/h1-3,8,12H,4-6H2. The van der Waals surface area contributed by atoms with E-state index in [9.17, 15) is 10.1 Å². The van der Waals surface area contributed by atoms with Gasteiger partial charge in [0.15, 0.2) is 0 Å². The summed E-state index contributed by atoms with van der Waals surface area (Å²) in [5, 5.41) is 20.1. The van der Waals surface area contributed by atoms with Crippen molar-refractivity contribution in [3.8, 4) is 0 Å². The predicted molar refractivity (Wildman–Crippen MR) is 59.5 cm³/mol. The third-order valence-electron chi connectivity index (χ3n) is 2.30. The van der Waals surface area contributed by atoms with Crippen molar-refractivity contribution in [3.05, 3.63) is 33.9 Å². The van der Waals surface area contributed by atoms with Crippen molar-refractivity contribution >= 4 is 17.4 Å². The molecule has 1 N–H and O–H groups in total. The first-order valence-corrected chi connectivity index (χ1v) is 5.71. The van der Waals surface area contributed by atoms with Gasteiger partial charge in [-0.3, -0.25) is 10.1 Å². The maximum atomic E-state index is 10.9. The van der Waals surface area contributed by atoms with Gasteiger partial charge in [-0.25, -0.2) is 0 Å². The van der Waals surface area contributed by atoms with Gasteiger partial charge < -0.3 is 9.84 Å². The highest BCUT2D eigenvalue weighted by Crippen LogP contribution is 2.35. The van der Waals surface area contributed by atoms with Crippen LogP contribution in [0.1, 0.15) is 5.56 Å². The van der Waals surface area contributed by atoms with Crippen LogP contribution in [-0.4, -0.2) is 28.5 Å². The zero-order chi connectivity index (χ0) is 11.5. The third-order valence-corrected chi connectivity index (χ3v) is 3.51. The smallest absolute Gasteiger partial charge is 0.283 e. The molecule has 1 aromatic carbocycles. The van der Waals surface area contributed by atoms with Crippen LogP contribution in [0.15, 0.2) is 23.1 Å². The predicted octanol–water partition coefficient (Wildman–Crippen LogP) is 1.58. The molecule has 1 aromatic rings. The number of nitrogens with zero attached hydrogens (tertiary/aromatic N) is 1. The minimum atomic E-state index is -0.416. The minimum absolute atomic E-state index is 0.0588. The Labute approximate surface area is 96.6 Å². The number of benzene rings is 1. The van der Waals surface area contributed by atoms with Gasteiger partial charge in [-0.2, -0.15) is 0 Å². The molecule has 0 spiro atoms. The van der Waals surface area contributed by atoms with Gasteiger partial charge in [0.05, 0.1) is 34.9 Å². The van der Waals surface area contributed by atoms with Crippen LogP contribution in [0.2, 0.25) is 0 Å². The summed E-state index contributed by atoms with van der Waals surface area (Å²) in [6.07, 6.45) is 0. The van der Waals surface area contributed by atoms with E-state index in [2.05, 4.69) is 0 Å². The molecule has 0 unspecified atom stereocenters. The molecule has 0 amide bonds. The number of hydrogen-bond acceptors (Lipinski definition) is 5. The van der Waals surface area contributed by atoms with Crippen molar-refractivity contribution in [2.45, 2.75) is 16.8 Å². The topological polar surface area (TPSA) is 72.6 Å². The lowest BCUT2D eigenvalue weighted by Gasteiger charge is -2.24. The van der Waals surface area contributed by atoms with Gasteiger partial charge in [0.1, 0.15) is 0 Å². The zero-order valence-electron chi connectivity index (χ0n) is 8.46. The average molecular weight is 241 g/mol. The minimum Gasteiger partial charge on any atom is -0.392 e. The van der Waals surface area contributed by atoms with E-state index in [4.69, 9.17) is 9.84 Å². The van der Waals surface area contributed by atoms with Crippen LogP contribution in [0.3, 0.4) is 0 Å². The van der Waals surface area contributed by atoms with Crippen molar-refractivity contribution < 1.29 is 14.8 Å². The van der Waals surface area contributed by atoms with Crippen molar-refractivity contribution in [1.82, 2.24) is 0 Å². The van der Waals surface area contributed by atoms with Gasteiger partial charge in [-0.05, 0) is 11.6 Å². The Kier molecular flexibility index (Phi) is 3.42. The van der Waals surface area contributed by atoms with E-state index in [1.54, 1.807) is 12.1 Å². The first-order chi connectivity index (χ1) is 7.70. The molecule has 2 rings (SSSR count). The molecule has 1 aliphatic heterocycles. The van der Waals surface area contributed by atoms with Gasteiger partial charge in [0, 0.05) is 6.07 Å². The number of rotatable bonds is 4. The van der Waals surface area contributed by atoms with Crippen molar-refractivity contribution in [1.29, 1.82) is 0 Å². The molecule has 0 aliphatic carbocycles. The Hall–Kier alpha value is -1.11. The summed E-state index contributed by atoms with van der Waals surface area (Å²) in [6, 6.07) is 4.81. The van der Waals surface area contributed by atoms with E-state index < -0.39 is 4.92 Å². The van der Waals surface area contributed by atoms with E-state index in [-0.39, 0.29) is 12.3 Å². The second-order valence-corrected chi connectivity index (χ2v) is 4.84. The summed E-state index contributed by atoms with van der Waals surface area (Å²) < 4.78 is 5.02. The molecule has 1 fully saturated rings. The quantitative estimate of drug-likeness (QED) is 0.640.